The fourth-order valence-electron chi connectivity index (χ4n) is 2.24. The highest BCUT2D eigenvalue weighted by Crippen LogP contribution is 2.31. The Morgan fingerprint density at radius 2 is 2.08 bits per heavy atom. The number of urea groups is 1. The van der Waals surface area contributed by atoms with Crippen LogP contribution in [0.2, 0.25) is 0 Å². The molecule has 26 heavy (non-hydrogen) atoms. The molecule has 0 aliphatic carbocycles. The van der Waals surface area contributed by atoms with Gasteiger partial charge in [-0.05, 0) is 36.8 Å². The van der Waals surface area contributed by atoms with Gasteiger partial charge in [0.05, 0.1) is 31.5 Å². The number of furan rings is 1. The summed E-state index contributed by atoms with van der Waals surface area (Å²) in [5.41, 5.74) is 2.51. The molecule has 0 atom stereocenters. The molecule has 0 saturated heterocycles. The van der Waals surface area contributed by atoms with Gasteiger partial charge in [-0.15, -0.1) is 0 Å². The van der Waals surface area contributed by atoms with E-state index < -0.39 is 0 Å². The van der Waals surface area contributed by atoms with Crippen LogP contribution in [-0.4, -0.2) is 18.1 Å². The highest BCUT2D eigenvalue weighted by Gasteiger charge is 2.08. The van der Waals surface area contributed by atoms with Crippen molar-refractivity contribution in [3.05, 3.63) is 66.2 Å². The molecular formula is C19H19N3O4. The van der Waals surface area contributed by atoms with Gasteiger partial charge in [0.1, 0.15) is 0 Å². The molecule has 2 aromatic heterocycles. The van der Waals surface area contributed by atoms with E-state index in [1.807, 2.05) is 25.1 Å². The van der Waals surface area contributed by atoms with Crippen LogP contribution in [0.5, 0.6) is 17.4 Å². The minimum atomic E-state index is -0.332. The molecule has 2 heterocycles. The van der Waals surface area contributed by atoms with Crippen LogP contribution in [0.4, 0.5) is 10.5 Å². The summed E-state index contributed by atoms with van der Waals surface area (Å²) in [5, 5.41) is 5.42. The number of aromatic nitrogens is 1. The molecule has 2 N–H and O–H groups in total. The van der Waals surface area contributed by atoms with Crippen LogP contribution >= 0.6 is 0 Å². The second-order valence-electron chi connectivity index (χ2n) is 5.58. The van der Waals surface area contributed by atoms with Crippen molar-refractivity contribution < 1.29 is 18.7 Å². The summed E-state index contributed by atoms with van der Waals surface area (Å²) in [6.45, 7) is 2.35. The molecule has 0 fully saturated rings. The van der Waals surface area contributed by atoms with Crippen LogP contribution in [0.15, 0.2) is 59.5 Å². The predicted molar refractivity (Wildman–Crippen MR) is 96.6 cm³/mol. The molecule has 7 heteroatoms. The lowest BCUT2D eigenvalue weighted by atomic mass is 10.2. The van der Waals surface area contributed by atoms with E-state index in [4.69, 9.17) is 13.9 Å². The second-order valence-corrected chi connectivity index (χ2v) is 5.58. The number of hydrogen-bond acceptors (Lipinski definition) is 5. The van der Waals surface area contributed by atoms with Crippen molar-refractivity contribution in [2.45, 2.75) is 13.5 Å². The number of nitrogens with zero attached hydrogens (tertiary/aromatic N) is 1. The minimum absolute atomic E-state index is 0.332. The maximum absolute atomic E-state index is 11.9. The summed E-state index contributed by atoms with van der Waals surface area (Å²) in [6.07, 6.45) is 4.65. The highest BCUT2D eigenvalue weighted by atomic mass is 16.5. The van der Waals surface area contributed by atoms with Crippen LogP contribution in [0.25, 0.3) is 0 Å². The van der Waals surface area contributed by atoms with Crippen molar-refractivity contribution in [1.29, 1.82) is 0 Å². The van der Waals surface area contributed by atoms with Crippen LogP contribution in [0.1, 0.15) is 11.1 Å². The van der Waals surface area contributed by atoms with Crippen molar-refractivity contribution in [2.75, 3.05) is 12.4 Å². The summed E-state index contributed by atoms with van der Waals surface area (Å²) in [4.78, 5) is 16.1. The minimum Gasteiger partial charge on any atom is -0.493 e. The number of amides is 2. The van der Waals surface area contributed by atoms with Gasteiger partial charge in [-0.1, -0.05) is 6.07 Å². The summed E-state index contributed by atoms with van der Waals surface area (Å²) in [5.74, 6) is 1.60. The van der Waals surface area contributed by atoms with Gasteiger partial charge >= 0.3 is 6.03 Å². The Hall–Kier alpha value is -3.48. The van der Waals surface area contributed by atoms with E-state index in [1.165, 1.54) is 6.20 Å². The molecule has 0 unspecified atom stereocenters. The smallest absolute Gasteiger partial charge is 0.319 e. The molecule has 0 aliphatic heterocycles. The van der Waals surface area contributed by atoms with Gasteiger partial charge in [0, 0.05) is 18.2 Å². The zero-order valence-corrected chi connectivity index (χ0v) is 14.5. The third-order valence-electron chi connectivity index (χ3n) is 3.56. The van der Waals surface area contributed by atoms with Gasteiger partial charge in [0.25, 0.3) is 0 Å². The largest absolute Gasteiger partial charge is 0.493 e. The number of methoxy groups -OCH3 is 1. The van der Waals surface area contributed by atoms with Crippen molar-refractivity contribution >= 4 is 11.7 Å². The maximum Gasteiger partial charge on any atom is 0.319 e. The Labute approximate surface area is 151 Å². The molecule has 0 spiro atoms. The van der Waals surface area contributed by atoms with E-state index in [2.05, 4.69) is 15.6 Å². The molecule has 3 aromatic rings. The standard InChI is InChI=1S/C19H19N3O4/c1-13-3-5-16(17(9-13)24-2)26-18-6-4-15(11-20-18)22-19(23)21-10-14-7-8-25-12-14/h3-9,11-12H,10H2,1-2H3,(H2,21,22,23). The molecule has 0 bridgehead atoms. The average molecular weight is 353 g/mol. The number of anilines is 1. The van der Waals surface area contributed by atoms with Crippen LogP contribution in [0.3, 0.4) is 0 Å². The molecule has 0 saturated carbocycles. The van der Waals surface area contributed by atoms with Gasteiger partial charge in [-0.25, -0.2) is 9.78 Å². The lowest BCUT2D eigenvalue weighted by molar-refractivity contribution is 0.251. The van der Waals surface area contributed by atoms with E-state index >= 15 is 0 Å². The Morgan fingerprint density at radius 3 is 2.77 bits per heavy atom. The number of carbonyl (C=O) groups is 1. The molecule has 0 radical (unpaired) electrons. The van der Waals surface area contributed by atoms with E-state index in [1.54, 1.807) is 37.8 Å². The first kappa shape index (κ1) is 17.3. The summed E-state index contributed by atoms with van der Waals surface area (Å²) in [7, 11) is 1.59. The zero-order chi connectivity index (χ0) is 18.4. The van der Waals surface area contributed by atoms with Crippen molar-refractivity contribution in [3.63, 3.8) is 0 Å². The van der Waals surface area contributed by atoms with E-state index in [0.29, 0.717) is 29.6 Å². The number of nitrogens with one attached hydrogen (secondary N) is 2. The number of ether oxygens (including phenoxy) is 2. The summed E-state index contributed by atoms with van der Waals surface area (Å²) in [6, 6.07) is 10.5. The van der Waals surface area contributed by atoms with Gasteiger partial charge in [0.2, 0.25) is 5.88 Å². The molecule has 134 valence electrons. The third kappa shape index (κ3) is 4.54. The fourth-order valence-corrected chi connectivity index (χ4v) is 2.24. The molecule has 3 rings (SSSR count). The van der Waals surface area contributed by atoms with Crippen molar-refractivity contribution in [3.8, 4) is 17.4 Å². The zero-order valence-electron chi connectivity index (χ0n) is 14.5. The summed E-state index contributed by atoms with van der Waals surface area (Å²) < 4.78 is 16.0. The van der Waals surface area contributed by atoms with Gasteiger partial charge in [-0.3, -0.25) is 0 Å². The third-order valence-corrected chi connectivity index (χ3v) is 3.56. The highest BCUT2D eigenvalue weighted by molar-refractivity contribution is 5.88. The van der Waals surface area contributed by atoms with E-state index in [0.717, 1.165) is 11.1 Å². The number of benzene rings is 1. The first-order valence-electron chi connectivity index (χ1n) is 7.98. The first-order chi connectivity index (χ1) is 12.6. The van der Waals surface area contributed by atoms with E-state index in [9.17, 15) is 4.79 Å². The number of rotatable bonds is 6. The molecule has 2 amide bonds. The Kier molecular flexibility index (Phi) is 5.38. The predicted octanol–water partition coefficient (Wildman–Crippen LogP) is 4.11. The Bertz CT molecular complexity index is 861. The van der Waals surface area contributed by atoms with Crippen molar-refractivity contribution in [1.82, 2.24) is 10.3 Å². The van der Waals surface area contributed by atoms with Crippen molar-refractivity contribution in [2.24, 2.45) is 0 Å². The molecule has 1 aromatic carbocycles. The van der Waals surface area contributed by atoms with Crippen LogP contribution in [-0.2, 0) is 6.54 Å². The Balaban J connectivity index is 1.57. The van der Waals surface area contributed by atoms with Gasteiger partial charge < -0.3 is 24.5 Å². The quantitative estimate of drug-likeness (QED) is 0.697. The first-order valence-corrected chi connectivity index (χ1v) is 7.98. The number of pyridine rings is 1. The van der Waals surface area contributed by atoms with Gasteiger partial charge in [0.15, 0.2) is 11.5 Å². The second kappa shape index (κ2) is 8.06. The summed E-state index contributed by atoms with van der Waals surface area (Å²) >= 11 is 0. The van der Waals surface area contributed by atoms with Gasteiger partial charge in [-0.2, -0.15) is 0 Å². The molecular weight excluding hydrogens is 334 g/mol. The van der Waals surface area contributed by atoms with Crippen LogP contribution in [0, 0.1) is 6.92 Å². The normalized spacial score (nSPS) is 10.2. The molecule has 7 nitrogen and oxygen atoms in total. The lowest BCUT2D eigenvalue weighted by Crippen LogP contribution is -2.28. The number of hydrogen-bond donors (Lipinski definition) is 2. The average Bonchev–Trinajstić information content (AvgIpc) is 3.16. The fraction of sp³-hybridized carbons (Fsp3) is 0.158. The number of carbonyl (C=O) groups excluding carboxylic acids is 1. The topological polar surface area (TPSA) is 85.6 Å². The maximum atomic E-state index is 11.9. The molecule has 0 aliphatic rings. The Morgan fingerprint density at radius 1 is 1.19 bits per heavy atom. The monoisotopic (exact) mass is 353 g/mol. The van der Waals surface area contributed by atoms with Crippen LogP contribution < -0.4 is 20.1 Å². The number of aryl methyl sites for hydroxylation is 1. The van der Waals surface area contributed by atoms with E-state index in [-0.39, 0.29) is 6.03 Å². The SMILES string of the molecule is COc1cc(C)ccc1Oc1ccc(NC(=O)NCc2ccoc2)cn1. The lowest BCUT2D eigenvalue weighted by Gasteiger charge is -2.11.